The lowest BCUT2D eigenvalue weighted by molar-refractivity contribution is 0.669. The van der Waals surface area contributed by atoms with Gasteiger partial charge in [0.1, 0.15) is 11.2 Å². The van der Waals surface area contributed by atoms with Crippen LogP contribution in [0.4, 0.5) is 0 Å². The Bertz CT molecular complexity index is 3810. The SMILES string of the molecule is [2H]c1cc2c(oc3c([2H])cc(-c4ccccc4)c(-c4nc(-c5ccc6cc(-c7c([2H])c([2H])c8c([2H])c([2H])c([2H])c([2H])c8c7[2H])ccc6c5)nc(-c5c([2H])c([2H])c([2H])c([2H])c5[2H])n4)c32)c([2H])c1[2H]. The van der Waals surface area contributed by atoms with Crippen molar-refractivity contribution >= 4 is 43.5 Å². The van der Waals surface area contributed by atoms with Gasteiger partial charge in [0.15, 0.2) is 17.5 Å². The van der Waals surface area contributed by atoms with Gasteiger partial charge in [-0.25, -0.2) is 15.0 Å². The van der Waals surface area contributed by atoms with Crippen molar-refractivity contribution in [3.63, 3.8) is 0 Å². The number of benzene rings is 8. The number of hydrogen-bond donors (Lipinski definition) is 0. The highest BCUT2D eigenvalue weighted by molar-refractivity contribution is 6.15. The molecule has 0 atom stereocenters. The van der Waals surface area contributed by atoms with Gasteiger partial charge in [0.25, 0.3) is 0 Å². The van der Waals surface area contributed by atoms with Gasteiger partial charge in [-0.2, -0.15) is 0 Å². The molecule has 0 radical (unpaired) electrons. The van der Waals surface area contributed by atoms with Gasteiger partial charge in [-0.15, -0.1) is 0 Å². The van der Waals surface area contributed by atoms with E-state index in [9.17, 15) is 0 Å². The summed E-state index contributed by atoms with van der Waals surface area (Å²) in [6.45, 7) is 0. The van der Waals surface area contributed by atoms with Crippen LogP contribution < -0.4 is 0 Å². The molecule has 0 bridgehead atoms. The van der Waals surface area contributed by atoms with Gasteiger partial charge < -0.3 is 4.42 Å². The summed E-state index contributed by atoms with van der Waals surface area (Å²) in [5.74, 6) is -0.370. The van der Waals surface area contributed by atoms with Gasteiger partial charge in [-0.05, 0) is 80.1 Å². The normalized spacial score (nSPS) is 15.9. The number of rotatable bonds is 5. The van der Waals surface area contributed by atoms with Crippen LogP contribution in [0.3, 0.4) is 0 Å². The summed E-state index contributed by atoms with van der Waals surface area (Å²) < 4.78 is 144. The number of hydrogen-bond acceptors (Lipinski definition) is 4. The minimum absolute atomic E-state index is 0.00101. The van der Waals surface area contributed by atoms with Crippen LogP contribution in [0.5, 0.6) is 0 Å². The molecule has 10 aromatic rings. The standard InChI is InChI=1S/C47H29N3O/c1-3-12-31(13-4-1)39-25-26-42-43(40-17-9-10-18-41(40)51-42)44(39)47-49-45(32-14-5-2-6-15-32)48-46(50-47)38-24-23-36-28-35(21-22-37(36)29-38)34-20-19-30-11-7-8-16-33(30)27-34/h1-29H/i2D,5D,6D,7D,8D,9D,10D,11D,14D,15D,16D,18D,19D,20D,26D,27D. The van der Waals surface area contributed by atoms with Gasteiger partial charge in [0, 0.05) is 27.5 Å². The molecule has 0 aliphatic carbocycles. The predicted molar refractivity (Wildman–Crippen MR) is 209 cm³/mol. The number of furan rings is 1. The molecule has 0 fully saturated rings. The smallest absolute Gasteiger partial charge is 0.165 e. The predicted octanol–water partition coefficient (Wildman–Crippen LogP) is 12.4. The first-order chi connectivity index (χ1) is 31.9. The summed E-state index contributed by atoms with van der Waals surface area (Å²) >= 11 is 0. The molecular weight excluding hydrogens is 623 g/mol. The average molecular weight is 668 g/mol. The van der Waals surface area contributed by atoms with Crippen LogP contribution in [0, 0.1) is 0 Å². The zero-order valence-corrected chi connectivity index (χ0v) is 26.3. The van der Waals surface area contributed by atoms with E-state index >= 15 is 0 Å². The molecule has 0 aliphatic rings. The van der Waals surface area contributed by atoms with Crippen molar-refractivity contribution in [1.82, 2.24) is 15.0 Å². The third-order valence-corrected chi connectivity index (χ3v) is 8.58. The van der Waals surface area contributed by atoms with Crippen molar-refractivity contribution in [3.05, 3.63) is 176 Å². The molecule has 0 spiro atoms. The van der Waals surface area contributed by atoms with E-state index in [1.54, 1.807) is 66.7 Å². The second-order valence-corrected chi connectivity index (χ2v) is 11.6. The van der Waals surface area contributed by atoms with Gasteiger partial charge in [0.05, 0.1) is 21.9 Å². The maximum atomic E-state index is 9.08. The highest BCUT2D eigenvalue weighted by Gasteiger charge is 2.22. The highest BCUT2D eigenvalue weighted by atomic mass is 16.3. The summed E-state index contributed by atoms with van der Waals surface area (Å²) in [7, 11) is 0. The van der Waals surface area contributed by atoms with Crippen molar-refractivity contribution in [2.75, 3.05) is 0 Å². The maximum Gasteiger partial charge on any atom is 0.165 e. The summed E-state index contributed by atoms with van der Waals surface area (Å²) in [6, 6.07) is 14.5. The molecule has 10 rings (SSSR count). The fourth-order valence-corrected chi connectivity index (χ4v) is 6.20. The van der Waals surface area contributed by atoms with E-state index in [2.05, 4.69) is 0 Å². The third-order valence-electron chi connectivity index (χ3n) is 8.58. The van der Waals surface area contributed by atoms with E-state index in [0.29, 0.717) is 33.0 Å². The minimum Gasteiger partial charge on any atom is -0.456 e. The Hall–Kier alpha value is -6.91. The second-order valence-electron chi connectivity index (χ2n) is 11.6. The minimum atomic E-state index is -0.626. The van der Waals surface area contributed by atoms with Crippen LogP contribution >= 0.6 is 0 Å². The fraction of sp³-hybridized carbons (Fsp3) is 0. The lowest BCUT2D eigenvalue weighted by Gasteiger charge is -2.14. The lowest BCUT2D eigenvalue weighted by Crippen LogP contribution is -2.01. The summed E-state index contributed by atoms with van der Waals surface area (Å²) in [5, 5.41) is 1.27. The zero-order valence-electron chi connectivity index (χ0n) is 42.3. The summed E-state index contributed by atoms with van der Waals surface area (Å²) in [6.07, 6.45) is 0. The van der Waals surface area contributed by atoms with Crippen molar-refractivity contribution in [1.29, 1.82) is 0 Å². The number of aromatic nitrogens is 3. The summed E-state index contributed by atoms with van der Waals surface area (Å²) in [5.41, 5.74) is 1.64. The maximum absolute atomic E-state index is 9.08. The van der Waals surface area contributed by atoms with Crippen molar-refractivity contribution in [2.24, 2.45) is 0 Å². The Morgan fingerprint density at radius 3 is 1.98 bits per heavy atom. The molecule has 8 aromatic carbocycles. The second kappa shape index (κ2) is 11.9. The van der Waals surface area contributed by atoms with Gasteiger partial charge in [0.2, 0.25) is 0 Å². The molecular formula is C47H29N3O. The largest absolute Gasteiger partial charge is 0.456 e. The highest BCUT2D eigenvalue weighted by Crippen LogP contribution is 2.42. The first-order valence-electron chi connectivity index (χ1n) is 23.8. The van der Waals surface area contributed by atoms with Gasteiger partial charge in [-0.1, -0.05) is 139 Å². The van der Waals surface area contributed by atoms with E-state index in [1.165, 1.54) is 12.1 Å². The topological polar surface area (TPSA) is 51.8 Å². The molecule has 0 saturated heterocycles. The van der Waals surface area contributed by atoms with Crippen molar-refractivity contribution in [2.45, 2.75) is 0 Å². The molecule has 0 saturated carbocycles. The van der Waals surface area contributed by atoms with Crippen LogP contribution in [0.15, 0.2) is 180 Å². The molecule has 4 nitrogen and oxygen atoms in total. The number of nitrogens with zero attached hydrogens (tertiary/aromatic N) is 3. The molecule has 0 unspecified atom stereocenters. The van der Waals surface area contributed by atoms with E-state index in [0.717, 1.165) is 0 Å². The van der Waals surface area contributed by atoms with Crippen LogP contribution in [0.2, 0.25) is 0 Å². The molecule has 4 heteroatoms. The van der Waals surface area contributed by atoms with Gasteiger partial charge >= 0.3 is 0 Å². The first kappa shape index (κ1) is 17.1. The van der Waals surface area contributed by atoms with Crippen LogP contribution in [-0.4, -0.2) is 15.0 Å². The average Bonchev–Trinajstić information content (AvgIpc) is 3.71. The monoisotopic (exact) mass is 667 g/mol. The van der Waals surface area contributed by atoms with E-state index in [-0.39, 0.29) is 103 Å². The molecule has 0 N–H and O–H groups in total. The molecule has 238 valence electrons. The Morgan fingerprint density at radius 2 is 1.14 bits per heavy atom. The zero-order chi connectivity index (χ0) is 47.7. The summed E-state index contributed by atoms with van der Waals surface area (Å²) in [4.78, 5) is 14.5. The van der Waals surface area contributed by atoms with Crippen molar-refractivity contribution in [3.8, 4) is 56.4 Å². The quantitative estimate of drug-likeness (QED) is 0.183. The molecule has 2 aromatic heterocycles. The van der Waals surface area contributed by atoms with Gasteiger partial charge in [-0.3, -0.25) is 0 Å². The van der Waals surface area contributed by atoms with E-state index in [1.807, 2.05) is 0 Å². The van der Waals surface area contributed by atoms with Crippen LogP contribution in [0.1, 0.15) is 21.9 Å². The molecule has 2 heterocycles. The van der Waals surface area contributed by atoms with Crippen LogP contribution in [0.25, 0.3) is 99.9 Å². The van der Waals surface area contributed by atoms with Crippen molar-refractivity contribution < 1.29 is 26.3 Å². The number of para-hydroxylation sites is 1. The Kier molecular flexibility index (Phi) is 4.00. The lowest BCUT2D eigenvalue weighted by atomic mass is 9.94. The fourth-order valence-electron chi connectivity index (χ4n) is 6.20. The third kappa shape index (κ3) is 5.13. The van der Waals surface area contributed by atoms with E-state index < -0.39 is 60.4 Å². The molecule has 0 aliphatic heterocycles. The van der Waals surface area contributed by atoms with Crippen LogP contribution in [-0.2, 0) is 0 Å². The van der Waals surface area contributed by atoms with E-state index in [4.69, 9.17) is 41.3 Å². The Balaban J connectivity index is 1.24. The molecule has 51 heavy (non-hydrogen) atoms. The molecule has 0 amide bonds. The number of fused-ring (bicyclic) bond motifs is 5. The Labute approximate surface area is 316 Å². The Morgan fingerprint density at radius 1 is 0.431 bits per heavy atom. The first-order valence-corrected chi connectivity index (χ1v) is 15.8.